The number of carboxylic acids is 2. The number of rotatable bonds is 10. The standard InChI is InChI=1S/C15H20N2O8S/c1-10-4-6-11(7-5-10)9-12(14(20)21)16-26(23,24)17-15(22)25-8-2-3-13(18)19/h4-7,12,16H,2-3,8-9H2,1H3,(H,17,22)(H,18,19)(H,20,21). The fourth-order valence-corrected chi connectivity index (χ4v) is 2.78. The normalized spacial score (nSPS) is 12.2. The Morgan fingerprint density at radius 2 is 1.77 bits per heavy atom. The summed E-state index contributed by atoms with van der Waals surface area (Å²) in [6.45, 7) is 1.56. The van der Waals surface area contributed by atoms with Gasteiger partial charge in [-0.25, -0.2) is 9.52 Å². The maximum absolute atomic E-state index is 11.9. The predicted octanol–water partition coefficient (Wildman–Crippen LogP) is 0.416. The summed E-state index contributed by atoms with van der Waals surface area (Å²) in [4.78, 5) is 33.0. The van der Waals surface area contributed by atoms with Crippen LogP contribution < -0.4 is 9.44 Å². The smallest absolute Gasteiger partial charge is 0.421 e. The molecule has 1 rings (SSSR count). The van der Waals surface area contributed by atoms with Crippen molar-refractivity contribution in [2.45, 2.75) is 32.2 Å². The number of carbonyl (C=O) groups excluding carboxylic acids is 1. The van der Waals surface area contributed by atoms with E-state index in [0.717, 1.165) is 5.56 Å². The maximum atomic E-state index is 11.9. The molecule has 0 saturated heterocycles. The van der Waals surface area contributed by atoms with Crippen molar-refractivity contribution in [2.24, 2.45) is 0 Å². The zero-order valence-electron chi connectivity index (χ0n) is 14.0. The second-order valence-corrected chi connectivity index (χ2v) is 6.88. The van der Waals surface area contributed by atoms with Gasteiger partial charge < -0.3 is 14.9 Å². The number of amides is 1. The molecule has 1 atom stereocenters. The Labute approximate surface area is 150 Å². The van der Waals surface area contributed by atoms with E-state index in [-0.39, 0.29) is 25.9 Å². The van der Waals surface area contributed by atoms with Crippen LogP contribution in [0.25, 0.3) is 0 Å². The molecule has 26 heavy (non-hydrogen) atoms. The summed E-state index contributed by atoms with van der Waals surface area (Å²) < 4.78 is 31.6. The minimum Gasteiger partial charge on any atom is -0.481 e. The fraction of sp³-hybridized carbons (Fsp3) is 0.400. The van der Waals surface area contributed by atoms with Gasteiger partial charge in [0.05, 0.1) is 6.61 Å². The summed E-state index contributed by atoms with van der Waals surface area (Å²) in [6.07, 6.45) is -1.68. The molecule has 0 fully saturated rings. The van der Waals surface area contributed by atoms with E-state index < -0.39 is 34.3 Å². The third kappa shape index (κ3) is 8.44. The minimum absolute atomic E-state index is 0.0153. The average Bonchev–Trinajstić information content (AvgIpc) is 2.52. The van der Waals surface area contributed by atoms with Crippen molar-refractivity contribution in [2.75, 3.05) is 6.61 Å². The SMILES string of the molecule is Cc1ccc(CC(NS(=O)(=O)NC(=O)OCCCC(=O)O)C(=O)O)cc1. The van der Waals surface area contributed by atoms with Gasteiger partial charge in [-0.2, -0.15) is 13.1 Å². The highest BCUT2D eigenvalue weighted by atomic mass is 32.2. The van der Waals surface area contributed by atoms with E-state index in [9.17, 15) is 27.9 Å². The van der Waals surface area contributed by atoms with Gasteiger partial charge in [-0.3, -0.25) is 9.59 Å². The van der Waals surface area contributed by atoms with E-state index in [4.69, 9.17) is 5.11 Å². The number of carboxylic acid groups (broad SMARTS) is 2. The van der Waals surface area contributed by atoms with E-state index >= 15 is 0 Å². The van der Waals surface area contributed by atoms with Crippen LogP contribution in [0.4, 0.5) is 4.79 Å². The third-order valence-corrected chi connectivity index (χ3v) is 4.17. The number of benzene rings is 1. The molecule has 0 bridgehead atoms. The van der Waals surface area contributed by atoms with Gasteiger partial charge in [-0.15, -0.1) is 0 Å². The number of nitrogens with one attached hydrogen (secondary N) is 2. The first-order valence-corrected chi connectivity index (χ1v) is 9.04. The lowest BCUT2D eigenvalue weighted by Crippen LogP contribution is -2.49. The summed E-state index contributed by atoms with van der Waals surface area (Å²) in [5.74, 6) is -2.49. The van der Waals surface area contributed by atoms with Gasteiger partial charge in [0.15, 0.2) is 0 Å². The highest BCUT2D eigenvalue weighted by Crippen LogP contribution is 2.07. The molecule has 0 aliphatic rings. The number of hydrogen-bond donors (Lipinski definition) is 4. The first kappa shape index (κ1) is 21.4. The molecule has 0 heterocycles. The molecule has 0 aromatic heterocycles. The second-order valence-electron chi connectivity index (χ2n) is 5.44. The Balaban J connectivity index is 2.59. The molecule has 1 unspecified atom stereocenters. The van der Waals surface area contributed by atoms with Crippen molar-refractivity contribution >= 4 is 28.2 Å². The van der Waals surface area contributed by atoms with E-state index in [1.807, 2.05) is 11.6 Å². The second kappa shape index (κ2) is 9.73. The Kier molecular flexibility index (Phi) is 8.00. The zero-order valence-corrected chi connectivity index (χ0v) is 14.8. The van der Waals surface area contributed by atoms with Gasteiger partial charge in [-0.1, -0.05) is 29.8 Å². The van der Waals surface area contributed by atoms with Crippen LogP contribution in [-0.2, 0) is 31.0 Å². The van der Waals surface area contributed by atoms with Crippen LogP contribution >= 0.6 is 0 Å². The van der Waals surface area contributed by atoms with Crippen molar-refractivity contribution in [1.29, 1.82) is 0 Å². The lowest BCUT2D eigenvalue weighted by molar-refractivity contribution is -0.139. The molecule has 0 radical (unpaired) electrons. The Hall–Kier alpha value is -2.66. The number of aryl methyl sites for hydroxylation is 1. The van der Waals surface area contributed by atoms with Crippen LogP contribution in [0, 0.1) is 6.92 Å². The molecular formula is C15H20N2O8S. The van der Waals surface area contributed by atoms with Crippen LogP contribution in [0.5, 0.6) is 0 Å². The van der Waals surface area contributed by atoms with Gasteiger partial charge in [-0.05, 0) is 25.3 Å². The van der Waals surface area contributed by atoms with Crippen molar-refractivity contribution < 1.29 is 37.8 Å². The molecule has 1 aromatic rings. The Bertz CT molecular complexity index is 745. The lowest BCUT2D eigenvalue weighted by Gasteiger charge is -2.15. The van der Waals surface area contributed by atoms with Gasteiger partial charge in [0.2, 0.25) is 0 Å². The molecule has 0 saturated carbocycles. The summed E-state index contributed by atoms with van der Waals surface area (Å²) in [6, 6.07) is 5.37. The molecule has 1 aromatic carbocycles. The highest BCUT2D eigenvalue weighted by Gasteiger charge is 2.26. The van der Waals surface area contributed by atoms with Crippen molar-refractivity contribution in [1.82, 2.24) is 9.44 Å². The van der Waals surface area contributed by atoms with E-state index in [1.165, 1.54) is 4.72 Å². The van der Waals surface area contributed by atoms with Gasteiger partial charge in [0, 0.05) is 6.42 Å². The van der Waals surface area contributed by atoms with Gasteiger partial charge >= 0.3 is 28.2 Å². The molecule has 1 amide bonds. The highest BCUT2D eigenvalue weighted by molar-refractivity contribution is 7.88. The van der Waals surface area contributed by atoms with Crippen LogP contribution in [0.3, 0.4) is 0 Å². The molecule has 144 valence electrons. The summed E-state index contributed by atoms with van der Waals surface area (Å²) in [5, 5.41) is 17.6. The van der Waals surface area contributed by atoms with Crippen LogP contribution in [0.1, 0.15) is 24.0 Å². The summed E-state index contributed by atoms with van der Waals surface area (Å²) in [5.41, 5.74) is 1.57. The van der Waals surface area contributed by atoms with Gasteiger partial charge in [0.1, 0.15) is 6.04 Å². The van der Waals surface area contributed by atoms with Crippen molar-refractivity contribution in [3.8, 4) is 0 Å². The number of carbonyl (C=O) groups is 3. The largest absolute Gasteiger partial charge is 0.481 e. The van der Waals surface area contributed by atoms with Crippen LogP contribution in [-0.4, -0.2) is 49.3 Å². The van der Waals surface area contributed by atoms with Crippen LogP contribution in [0.2, 0.25) is 0 Å². The first-order valence-electron chi connectivity index (χ1n) is 7.56. The number of aliphatic carboxylic acids is 2. The zero-order chi connectivity index (χ0) is 19.7. The topological polar surface area (TPSA) is 159 Å². The van der Waals surface area contributed by atoms with Gasteiger partial charge in [0.25, 0.3) is 0 Å². The molecule has 0 aliphatic heterocycles. The maximum Gasteiger partial charge on any atom is 0.421 e. The monoisotopic (exact) mass is 388 g/mol. The summed E-state index contributed by atoms with van der Waals surface area (Å²) in [7, 11) is -4.48. The minimum atomic E-state index is -4.48. The molecule has 0 spiro atoms. The quantitative estimate of drug-likeness (QED) is 0.420. The third-order valence-electron chi connectivity index (χ3n) is 3.14. The van der Waals surface area contributed by atoms with E-state index in [1.54, 1.807) is 24.3 Å². The molecule has 0 aliphatic carbocycles. The first-order chi connectivity index (χ1) is 12.1. The summed E-state index contributed by atoms with van der Waals surface area (Å²) >= 11 is 0. The van der Waals surface area contributed by atoms with E-state index in [2.05, 4.69) is 4.74 Å². The van der Waals surface area contributed by atoms with Crippen molar-refractivity contribution in [3.05, 3.63) is 35.4 Å². The fourth-order valence-electron chi connectivity index (χ4n) is 1.88. The molecule has 11 heteroatoms. The predicted molar refractivity (Wildman–Crippen MR) is 89.7 cm³/mol. The van der Waals surface area contributed by atoms with Crippen LogP contribution in [0.15, 0.2) is 24.3 Å². The number of ether oxygens (including phenoxy) is 1. The Morgan fingerprint density at radius 1 is 1.15 bits per heavy atom. The molecule has 10 nitrogen and oxygen atoms in total. The van der Waals surface area contributed by atoms with E-state index in [0.29, 0.717) is 5.56 Å². The molecular weight excluding hydrogens is 368 g/mol. The molecule has 4 N–H and O–H groups in total. The van der Waals surface area contributed by atoms with Crippen molar-refractivity contribution in [3.63, 3.8) is 0 Å². The average molecular weight is 388 g/mol. The lowest BCUT2D eigenvalue weighted by atomic mass is 10.1. The number of hydrogen-bond acceptors (Lipinski definition) is 6. The Morgan fingerprint density at radius 3 is 2.31 bits per heavy atom.